The molecule has 0 saturated carbocycles. The van der Waals surface area contributed by atoms with Crippen molar-refractivity contribution in [3.05, 3.63) is 237 Å². The summed E-state index contributed by atoms with van der Waals surface area (Å²) < 4.78 is 5.09. The normalized spacial score (nSPS) is 12.1. The number of nitrogens with zero attached hydrogens (tertiary/aromatic N) is 1. The molecule has 0 amide bonds. The van der Waals surface area contributed by atoms with Crippen LogP contribution in [-0.2, 0) is 0 Å². The Kier molecular flexibility index (Phi) is 8.17. The van der Waals surface area contributed by atoms with Gasteiger partial charge in [0.1, 0.15) is 0 Å². The van der Waals surface area contributed by atoms with Gasteiger partial charge in [-0.05, 0) is 88.5 Å². The summed E-state index contributed by atoms with van der Waals surface area (Å²) in [5.41, 5.74) is 6.19. The van der Waals surface area contributed by atoms with Crippen LogP contribution in [0.15, 0.2) is 237 Å². The zero-order valence-electron chi connectivity index (χ0n) is 34.4. The van der Waals surface area contributed by atoms with Crippen molar-refractivity contribution in [3.8, 4) is 16.8 Å². The molecule has 13 rings (SSSR count). The molecule has 13 aromatic rings. The fraction of sp³-hybridized carbons (Fsp3) is 0. The molecule has 0 aliphatic rings. The van der Waals surface area contributed by atoms with Gasteiger partial charge in [0, 0.05) is 36.6 Å². The number of thiophene rings is 1. The van der Waals surface area contributed by atoms with E-state index >= 15 is 0 Å². The average molecular weight is 834 g/mol. The van der Waals surface area contributed by atoms with Crippen LogP contribution in [0.2, 0.25) is 0 Å². The molecule has 0 N–H and O–H groups in total. The van der Waals surface area contributed by atoms with Crippen LogP contribution in [0.3, 0.4) is 0 Å². The largest absolute Gasteiger partial charge is 0.309 e. The van der Waals surface area contributed by atoms with Gasteiger partial charge in [0.05, 0.1) is 11.0 Å². The Morgan fingerprint density at radius 3 is 1.52 bits per heavy atom. The van der Waals surface area contributed by atoms with E-state index in [-0.39, 0.29) is 0 Å². The molecule has 3 heteroatoms. The van der Waals surface area contributed by atoms with Crippen LogP contribution in [0.25, 0.3) is 91.1 Å². The van der Waals surface area contributed by atoms with E-state index in [2.05, 4.69) is 241 Å². The van der Waals surface area contributed by atoms with E-state index in [0.29, 0.717) is 0 Å². The summed E-state index contributed by atoms with van der Waals surface area (Å²) >= 11 is 1.92. The molecule has 11 aromatic carbocycles. The lowest BCUT2D eigenvalue weighted by molar-refractivity contribution is 1.19. The predicted molar refractivity (Wildman–Crippen MR) is 275 cm³/mol. The van der Waals surface area contributed by atoms with Crippen LogP contribution in [0, 0.1) is 0 Å². The summed E-state index contributed by atoms with van der Waals surface area (Å²) in [5, 5.41) is 18.4. The van der Waals surface area contributed by atoms with E-state index in [1.165, 1.54) is 112 Å². The smallest absolute Gasteiger partial charge is 0.179 e. The molecular formula is C60H39NSSi. The Labute approximate surface area is 370 Å². The molecule has 2 aromatic heterocycles. The Balaban J connectivity index is 1.09. The standard InChI is InChI=1S/C60H39NSSi/c1-4-19-41(20-5-1)61-56-33-15-14-30-52(56)53-36-37-57-58(59(53)61)54-32-17-31-46(60(54)62-57)40-18-16-25-44(38-40)63(42-21-6-2-7-22-42,43-23-8-3-9-24-43)45-34-35-51-49-28-11-10-26-47(49)48-27-12-13-29-50(48)55(51)39-45/h1-39H. The molecule has 0 unspecified atom stereocenters. The molecular weight excluding hydrogens is 795 g/mol. The number of hydrogen-bond donors (Lipinski definition) is 0. The molecule has 0 saturated heterocycles. The second kappa shape index (κ2) is 14.3. The number of hydrogen-bond acceptors (Lipinski definition) is 1. The third-order valence-electron chi connectivity index (χ3n) is 13.5. The number of rotatable bonds is 6. The first-order chi connectivity index (χ1) is 31.3. The summed E-state index contributed by atoms with van der Waals surface area (Å²) in [7, 11) is -2.94. The molecule has 294 valence electrons. The maximum atomic E-state index is 2.55. The van der Waals surface area contributed by atoms with Crippen molar-refractivity contribution in [2.75, 3.05) is 0 Å². The highest BCUT2D eigenvalue weighted by Gasteiger charge is 2.42. The molecule has 0 fully saturated rings. The Morgan fingerprint density at radius 1 is 0.333 bits per heavy atom. The maximum Gasteiger partial charge on any atom is 0.179 e. The van der Waals surface area contributed by atoms with Gasteiger partial charge in [-0.1, -0.05) is 212 Å². The molecule has 0 radical (unpaired) electrons. The number of benzene rings is 11. The Morgan fingerprint density at radius 2 is 0.841 bits per heavy atom. The molecule has 2 heterocycles. The topological polar surface area (TPSA) is 4.93 Å². The fourth-order valence-corrected chi connectivity index (χ4v) is 16.9. The van der Waals surface area contributed by atoms with Crippen LogP contribution in [-0.4, -0.2) is 12.6 Å². The summed E-state index contributed by atoms with van der Waals surface area (Å²) in [6.45, 7) is 0. The quantitative estimate of drug-likeness (QED) is 0.0893. The number of aromatic nitrogens is 1. The first kappa shape index (κ1) is 36.1. The van der Waals surface area contributed by atoms with Gasteiger partial charge < -0.3 is 4.57 Å². The van der Waals surface area contributed by atoms with Gasteiger partial charge in [0.2, 0.25) is 0 Å². The van der Waals surface area contributed by atoms with E-state index in [0.717, 1.165) is 0 Å². The monoisotopic (exact) mass is 833 g/mol. The van der Waals surface area contributed by atoms with Gasteiger partial charge >= 0.3 is 0 Å². The summed E-state index contributed by atoms with van der Waals surface area (Å²) in [6.07, 6.45) is 0. The molecule has 0 bridgehead atoms. The highest BCUT2D eigenvalue weighted by atomic mass is 32.1. The molecule has 63 heavy (non-hydrogen) atoms. The van der Waals surface area contributed by atoms with E-state index in [1.54, 1.807) is 0 Å². The van der Waals surface area contributed by atoms with Crippen LogP contribution in [0.1, 0.15) is 0 Å². The van der Waals surface area contributed by atoms with Crippen molar-refractivity contribution in [3.63, 3.8) is 0 Å². The summed E-state index contributed by atoms with van der Waals surface area (Å²) in [5.74, 6) is 0. The Bertz CT molecular complexity index is 3830. The van der Waals surface area contributed by atoms with Gasteiger partial charge in [0.25, 0.3) is 0 Å². The molecule has 0 spiro atoms. The van der Waals surface area contributed by atoms with Gasteiger partial charge in [-0.25, -0.2) is 0 Å². The van der Waals surface area contributed by atoms with Crippen molar-refractivity contribution in [2.45, 2.75) is 0 Å². The van der Waals surface area contributed by atoms with Crippen molar-refractivity contribution in [1.82, 2.24) is 4.57 Å². The van der Waals surface area contributed by atoms with Gasteiger partial charge in [-0.15, -0.1) is 11.3 Å². The van der Waals surface area contributed by atoms with E-state index in [1.807, 2.05) is 11.3 Å². The van der Waals surface area contributed by atoms with E-state index in [4.69, 9.17) is 0 Å². The lowest BCUT2D eigenvalue weighted by Crippen LogP contribution is -2.74. The molecule has 0 atom stereocenters. The van der Waals surface area contributed by atoms with E-state index in [9.17, 15) is 0 Å². The zero-order valence-corrected chi connectivity index (χ0v) is 36.2. The van der Waals surface area contributed by atoms with Crippen LogP contribution in [0.5, 0.6) is 0 Å². The van der Waals surface area contributed by atoms with Gasteiger partial charge in [-0.2, -0.15) is 0 Å². The van der Waals surface area contributed by atoms with Gasteiger partial charge in [0.15, 0.2) is 8.07 Å². The Hall–Kier alpha value is -7.56. The minimum absolute atomic E-state index is 1.18. The lowest BCUT2D eigenvalue weighted by atomic mass is 9.94. The van der Waals surface area contributed by atoms with Crippen LogP contribution in [0.4, 0.5) is 0 Å². The average Bonchev–Trinajstić information content (AvgIpc) is 3.91. The van der Waals surface area contributed by atoms with Gasteiger partial charge in [-0.3, -0.25) is 0 Å². The first-order valence-corrected chi connectivity index (χ1v) is 24.6. The second-order valence-corrected chi connectivity index (χ2v) is 21.6. The number of fused-ring (bicyclic) bond motifs is 13. The van der Waals surface area contributed by atoms with Crippen molar-refractivity contribution in [2.24, 2.45) is 0 Å². The minimum Gasteiger partial charge on any atom is -0.309 e. The molecule has 0 aliphatic carbocycles. The third kappa shape index (κ3) is 5.34. The zero-order chi connectivity index (χ0) is 41.5. The minimum atomic E-state index is -2.94. The highest BCUT2D eigenvalue weighted by molar-refractivity contribution is 7.26. The van der Waals surface area contributed by atoms with Crippen molar-refractivity contribution < 1.29 is 0 Å². The van der Waals surface area contributed by atoms with Crippen LogP contribution < -0.4 is 20.7 Å². The van der Waals surface area contributed by atoms with Crippen LogP contribution >= 0.6 is 11.3 Å². The number of para-hydroxylation sites is 2. The van der Waals surface area contributed by atoms with Crippen molar-refractivity contribution >= 4 is 114 Å². The van der Waals surface area contributed by atoms with E-state index < -0.39 is 8.07 Å². The second-order valence-electron chi connectivity index (χ2n) is 16.7. The molecule has 0 aliphatic heterocycles. The summed E-state index contributed by atoms with van der Waals surface area (Å²) in [4.78, 5) is 0. The predicted octanol–water partition coefficient (Wildman–Crippen LogP) is 13.7. The first-order valence-electron chi connectivity index (χ1n) is 21.8. The van der Waals surface area contributed by atoms with Crippen molar-refractivity contribution in [1.29, 1.82) is 0 Å². The summed E-state index contributed by atoms with van der Waals surface area (Å²) in [6, 6.07) is 88.8. The fourth-order valence-electron chi connectivity index (χ4n) is 10.8. The SMILES string of the molecule is c1ccc(-n2c3ccccc3c3ccc4sc5c(-c6cccc([Si](c7ccccc7)(c7ccccc7)c7ccc8c9ccccc9c9ccccc9c8c7)c6)cccc5c4c32)cc1. The lowest BCUT2D eigenvalue weighted by Gasteiger charge is -2.35. The maximum absolute atomic E-state index is 2.94. The molecule has 1 nitrogen and oxygen atoms in total. The third-order valence-corrected chi connectivity index (χ3v) is 19.5. The highest BCUT2D eigenvalue weighted by Crippen LogP contribution is 2.46.